The number of aliphatic hydroxyl groups excluding tert-OH is 1. The van der Waals surface area contributed by atoms with Gasteiger partial charge >= 0.3 is 0 Å². The van der Waals surface area contributed by atoms with Gasteiger partial charge in [0.05, 0.1) is 13.2 Å². The van der Waals surface area contributed by atoms with Crippen molar-refractivity contribution < 1.29 is 9.84 Å². The molecule has 20 heavy (non-hydrogen) atoms. The molecule has 2 nitrogen and oxygen atoms in total. The number of benzene rings is 2. The molecule has 0 amide bonds. The molecule has 0 heterocycles. The average molecular weight is 291 g/mol. The number of methoxy groups -OCH3 is 1. The first-order valence-corrected chi connectivity index (χ1v) is 7.05. The van der Waals surface area contributed by atoms with Crippen molar-refractivity contribution in [2.75, 3.05) is 7.11 Å². The van der Waals surface area contributed by atoms with Crippen molar-refractivity contribution in [3.8, 4) is 5.75 Å². The lowest BCUT2D eigenvalue weighted by molar-refractivity contribution is 0.168. The molecule has 0 aliphatic carbocycles. The summed E-state index contributed by atoms with van der Waals surface area (Å²) < 4.78 is 5.12. The average Bonchev–Trinajstić information content (AvgIpc) is 2.48. The second-order valence-corrected chi connectivity index (χ2v) is 5.32. The zero-order valence-electron chi connectivity index (χ0n) is 11.8. The molecule has 1 N–H and O–H groups in total. The lowest BCUT2D eigenvalue weighted by atomic mass is 10.0. The van der Waals surface area contributed by atoms with Crippen LogP contribution in [0.25, 0.3) is 0 Å². The van der Waals surface area contributed by atoms with E-state index in [1.807, 2.05) is 49.4 Å². The van der Waals surface area contributed by atoms with Crippen molar-refractivity contribution in [1.29, 1.82) is 0 Å². The second kappa shape index (κ2) is 6.78. The standard InChI is InChI=1S/C17H19ClO2/c1-12-3-7-14(11-16(12)18)17(19)10-6-13-4-8-15(20-2)9-5-13/h3-5,7-9,11,17,19H,6,10H2,1-2H3. The molecule has 2 aromatic rings. The minimum absolute atomic E-state index is 0.491. The number of halogens is 1. The van der Waals surface area contributed by atoms with E-state index in [9.17, 15) is 5.11 Å². The Balaban J connectivity index is 1.96. The van der Waals surface area contributed by atoms with Gasteiger partial charge in [-0.25, -0.2) is 0 Å². The molecule has 0 fully saturated rings. The van der Waals surface area contributed by atoms with Gasteiger partial charge < -0.3 is 9.84 Å². The molecule has 2 rings (SSSR count). The number of hydrogen-bond acceptors (Lipinski definition) is 2. The zero-order valence-corrected chi connectivity index (χ0v) is 12.5. The minimum Gasteiger partial charge on any atom is -0.497 e. The Hall–Kier alpha value is -1.51. The van der Waals surface area contributed by atoms with Crippen LogP contribution >= 0.6 is 11.6 Å². The summed E-state index contributed by atoms with van der Waals surface area (Å²) in [6.07, 6.45) is 0.998. The normalized spacial score (nSPS) is 12.2. The van der Waals surface area contributed by atoms with Gasteiger partial charge in [-0.15, -0.1) is 0 Å². The fraction of sp³-hybridized carbons (Fsp3) is 0.294. The number of rotatable bonds is 5. The lowest BCUT2D eigenvalue weighted by Crippen LogP contribution is -2.00. The highest BCUT2D eigenvalue weighted by molar-refractivity contribution is 6.31. The summed E-state index contributed by atoms with van der Waals surface area (Å²) in [4.78, 5) is 0. The van der Waals surface area contributed by atoms with Crippen LogP contribution in [0.2, 0.25) is 5.02 Å². The Morgan fingerprint density at radius 1 is 1.15 bits per heavy atom. The number of ether oxygens (including phenoxy) is 1. The third kappa shape index (κ3) is 3.75. The summed E-state index contributed by atoms with van der Waals surface area (Å²) in [5.41, 5.74) is 3.08. The topological polar surface area (TPSA) is 29.5 Å². The van der Waals surface area contributed by atoms with Crippen molar-refractivity contribution in [2.24, 2.45) is 0 Å². The first kappa shape index (κ1) is 14.9. The molecular formula is C17H19ClO2. The van der Waals surface area contributed by atoms with E-state index in [4.69, 9.17) is 16.3 Å². The van der Waals surface area contributed by atoms with Crippen molar-refractivity contribution in [2.45, 2.75) is 25.9 Å². The van der Waals surface area contributed by atoms with Crippen molar-refractivity contribution in [3.05, 3.63) is 64.2 Å². The minimum atomic E-state index is -0.491. The van der Waals surface area contributed by atoms with Gasteiger partial charge in [-0.1, -0.05) is 35.9 Å². The highest BCUT2D eigenvalue weighted by atomic mass is 35.5. The van der Waals surface area contributed by atoms with Crippen LogP contribution in [-0.4, -0.2) is 12.2 Å². The van der Waals surface area contributed by atoms with Gasteiger partial charge in [0.1, 0.15) is 5.75 Å². The van der Waals surface area contributed by atoms with Crippen LogP contribution in [0.4, 0.5) is 0 Å². The lowest BCUT2D eigenvalue weighted by Gasteiger charge is -2.12. The predicted molar refractivity (Wildman–Crippen MR) is 82.5 cm³/mol. The first-order valence-electron chi connectivity index (χ1n) is 6.67. The van der Waals surface area contributed by atoms with E-state index in [0.29, 0.717) is 11.4 Å². The van der Waals surface area contributed by atoms with E-state index in [1.54, 1.807) is 7.11 Å². The third-order valence-electron chi connectivity index (χ3n) is 3.45. The zero-order chi connectivity index (χ0) is 14.5. The number of aliphatic hydroxyl groups is 1. The van der Waals surface area contributed by atoms with E-state index in [1.165, 1.54) is 5.56 Å². The summed E-state index contributed by atoms with van der Waals surface area (Å²) in [5, 5.41) is 10.9. The van der Waals surface area contributed by atoms with Crippen LogP contribution in [0.3, 0.4) is 0 Å². The summed E-state index contributed by atoms with van der Waals surface area (Å²) in [7, 11) is 1.65. The van der Waals surface area contributed by atoms with Gasteiger partial charge in [-0.2, -0.15) is 0 Å². The molecular weight excluding hydrogens is 272 g/mol. The van der Waals surface area contributed by atoms with E-state index >= 15 is 0 Å². The quantitative estimate of drug-likeness (QED) is 0.888. The maximum Gasteiger partial charge on any atom is 0.118 e. The van der Waals surface area contributed by atoms with Crippen LogP contribution in [-0.2, 0) is 6.42 Å². The predicted octanol–water partition coefficient (Wildman–Crippen LogP) is 4.32. The summed E-state index contributed by atoms with van der Waals surface area (Å²) in [6.45, 7) is 1.95. The Kier molecular flexibility index (Phi) is 5.05. The molecule has 2 aromatic carbocycles. The molecule has 0 bridgehead atoms. The van der Waals surface area contributed by atoms with E-state index in [-0.39, 0.29) is 0 Å². The van der Waals surface area contributed by atoms with Crippen LogP contribution in [0, 0.1) is 6.92 Å². The van der Waals surface area contributed by atoms with Crippen molar-refractivity contribution in [3.63, 3.8) is 0 Å². The molecule has 0 saturated heterocycles. The second-order valence-electron chi connectivity index (χ2n) is 4.91. The fourth-order valence-corrected chi connectivity index (χ4v) is 2.27. The third-order valence-corrected chi connectivity index (χ3v) is 3.85. The Labute approximate surface area is 125 Å². The largest absolute Gasteiger partial charge is 0.497 e. The highest BCUT2D eigenvalue weighted by Crippen LogP contribution is 2.24. The van der Waals surface area contributed by atoms with Crippen LogP contribution in [0.15, 0.2) is 42.5 Å². The van der Waals surface area contributed by atoms with Crippen molar-refractivity contribution in [1.82, 2.24) is 0 Å². The van der Waals surface area contributed by atoms with Gasteiger partial charge in [0.25, 0.3) is 0 Å². The van der Waals surface area contributed by atoms with Crippen LogP contribution < -0.4 is 4.74 Å². The Bertz CT molecular complexity index is 564. The number of hydrogen-bond donors (Lipinski definition) is 1. The maximum atomic E-state index is 10.2. The molecule has 106 valence electrons. The monoisotopic (exact) mass is 290 g/mol. The Morgan fingerprint density at radius 2 is 1.85 bits per heavy atom. The van der Waals surface area contributed by atoms with Crippen LogP contribution in [0.5, 0.6) is 5.75 Å². The molecule has 0 radical (unpaired) electrons. The molecule has 0 aromatic heterocycles. The molecule has 1 atom stereocenters. The maximum absolute atomic E-state index is 10.2. The van der Waals surface area contributed by atoms with Gasteiger partial charge in [0.2, 0.25) is 0 Å². The molecule has 0 spiro atoms. The molecule has 0 saturated carbocycles. The van der Waals surface area contributed by atoms with Gasteiger partial charge in [0, 0.05) is 5.02 Å². The molecule has 0 aliphatic rings. The number of aryl methyl sites for hydroxylation is 2. The van der Waals surface area contributed by atoms with Gasteiger partial charge in [-0.05, 0) is 54.7 Å². The summed E-state index contributed by atoms with van der Waals surface area (Å²) >= 11 is 6.08. The molecule has 3 heteroatoms. The highest BCUT2D eigenvalue weighted by Gasteiger charge is 2.09. The molecule has 0 aliphatic heterocycles. The SMILES string of the molecule is COc1ccc(CCC(O)c2ccc(C)c(Cl)c2)cc1. The van der Waals surface area contributed by atoms with E-state index in [2.05, 4.69) is 0 Å². The van der Waals surface area contributed by atoms with Gasteiger partial charge in [-0.3, -0.25) is 0 Å². The first-order chi connectivity index (χ1) is 9.60. The Morgan fingerprint density at radius 3 is 2.45 bits per heavy atom. The summed E-state index contributed by atoms with van der Waals surface area (Å²) in [5.74, 6) is 0.847. The van der Waals surface area contributed by atoms with Gasteiger partial charge in [0.15, 0.2) is 0 Å². The smallest absolute Gasteiger partial charge is 0.118 e. The van der Waals surface area contributed by atoms with Crippen molar-refractivity contribution >= 4 is 11.6 Å². The molecule has 1 unspecified atom stereocenters. The van der Waals surface area contributed by atoms with E-state index < -0.39 is 6.10 Å². The van der Waals surface area contributed by atoms with Crippen LogP contribution in [0.1, 0.15) is 29.2 Å². The summed E-state index contributed by atoms with van der Waals surface area (Å²) in [6, 6.07) is 13.6. The van der Waals surface area contributed by atoms with E-state index in [0.717, 1.165) is 23.3 Å². The fourth-order valence-electron chi connectivity index (χ4n) is 2.08.